The van der Waals surface area contributed by atoms with E-state index < -0.39 is 17.2 Å². The Kier molecular flexibility index (Phi) is 23.6. The molecule has 0 saturated carbocycles. The van der Waals surface area contributed by atoms with Crippen LogP contribution in [0.1, 0.15) is 94.7 Å². The van der Waals surface area contributed by atoms with Gasteiger partial charge in [0, 0.05) is 6.54 Å². The first-order chi connectivity index (χ1) is 25.0. The van der Waals surface area contributed by atoms with E-state index in [4.69, 9.17) is 0 Å². The molecule has 52 heavy (non-hydrogen) atoms. The van der Waals surface area contributed by atoms with E-state index in [-0.39, 0.29) is 11.5 Å². The predicted molar refractivity (Wildman–Crippen MR) is 219 cm³/mol. The van der Waals surface area contributed by atoms with Crippen molar-refractivity contribution in [3.05, 3.63) is 169 Å². The molecule has 0 bridgehead atoms. The van der Waals surface area contributed by atoms with Crippen LogP contribution in [-0.2, 0) is 24.4 Å². The van der Waals surface area contributed by atoms with Crippen LogP contribution in [0.15, 0.2) is 135 Å². The summed E-state index contributed by atoms with van der Waals surface area (Å²) in [6.45, 7) is 27.1. The van der Waals surface area contributed by atoms with Crippen LogP contribution >= 0.6 is 0 Å². The summed E-state index contributed by atoms with van der Waals surface area (Å²) >= 11 is 0. The van der Waals surface area contributed by atoms with Crippen molar-refractivity contribution in [2.45, 2.75) is 92.7 Å². The van der Waals surface area contributed by atoms with Crippen molar-refractivity contribution in [3.8, 4) is 17.2 Å². The molecule has 0 fully saturated rings. The van der Waals surface area contributed by atoms with Crippen molar-refractivity contribution in [1.29, 1.82) is 5.26 Å². The number of halogens is 3. The van der Waals surface area contributed by atoms with E-state index in [0.29, 0.717) is 18.5 Å². The first-order valence-corrected chi connectivity index (χ1v) is 18.3. The van der Waals surface area contributed by atoms with Crippen molar-refractivity contribution < 1.29 is 13.2 Å². The fourth-order valence-electron chi connectivity index (χ4n) is 5.87. The summed E-state index contributed by atoms with van der Waals surface area (Å²) < 4.78 is 42.4. The van der Waals surface area contributed by atoms with Gasteiger partial charge in [0.15, 0.2) is 0 Å². The molecule has 0 aromatic heterocycles. The molecular weight excluding hydrogens is 650 g/mol. The second-order valence-corrected chi connectivity index (χ2v) is 12.0. The number of alkyl halides is 3. The van der Waals surface area contributed by atoms with Crippen LogP contribution in [0.5, 0.6) is 0 Å². The van der Waals surface area contributed by atoms with Crippen molar-refractivity contribution in [1.82, 2.24) is 5.32 Å². The van der Waals surface area contributed by atoms with Gasteiger partial charge in [-0.15, -0.1) is 13.2 Å². The first-order valence-electron chi connectivity index (χ1n) is 18.3. The van der Waals surface area contributed by atoms with Crippen LogP contribution in [-0.4, -0.2) is 6.54 Å². The van der Waals surface area contributed by atoms with Gasteiger partial charge in [-0.3, -0.25) is 0 Å². The molecule has 5 heteroatoms. The van der Waals surface area contributed by atoms with Gasteiger partial charge in [-0.25, -0.2) is 0 Å². The lowest BCUT2D eigenvalue weighted by atomic mass is 9.65. The monoisotopic (exact) mass is 710 g/mol. The van der Waals surface area contributed by atoms with Gasteiger partial charge >= 0.3 is 6.18 Å². The van der Waals surface area contributed by atoms with Gasteiger partial charge in [0.2, 0.25) is 0 Å². The van der Waals surface area contributed by atoms with Crippen LogP contribution in [0.25, 0.3) is 11.1 Å². The minimum absolute atomic E-state index is 0.0298. The molecule has 0 heterocycles. The average Bonchev–Trinajstić information content (AvgIpc) is 3.15. The molecule has 0 aliphatic rings. The van der Waals surface area contributed by atoms with E-state index in [0.717, 1.165) is 36.0 Å². The number of hydrogen-bond acceptors (Lipinski definition) is 2. The number of benzene rings is 4. The number of nitrogens with zero attached hydrogens (tertiary/aromatic N) is 1. The lowest BCUT2D eigenvalue weighted by Gasteiger charge is -2.40. The Morgan fingerprint density at radius 2 is 1.33 bits per heavy atom. The Hall–Kier alpha value is -4.82. The predicted octanol–water partition coefficient (Wildman–Crippen LogP) is 13.9. The van der Waals surface area contributed by atoms with Crippen molar-refractivity contribution in [3.63, 3.8) is 0 Å². The standard InChI is InChI=1S/C37H37F3N2.2C3H6.2C2H6/c1-4-42-22-21-33(19-15-28-9-6-5-7-10-28)36(3,34-20-18-32(26-41)35(24-34)37(38,39)40)25-29-11-8-12-31(23-29)30-16-13-27(2)14-17-30;2*1-3-2;2*1-2/h4-14,16-18,20,23-24,33,42H,1,15,19,21-22,25H2,2-3H3;2*3H,1H2,2H3;2*1-2H3. The number of nitriles is 1. The van der Waals surface area contributed by atoms with Crippen LogP contribution in [0.3, 0.4) is 0 Å². The zero-order valence-electron chi connectivity index (χ0n) is 32.8. The third-order valence-corrected chi connectivity index (χ3v) is 8.29. The van der Waals surface area contributed by atoms with Gasteiger partial charge in [-0.2, -0.15) is 18.4 Å². The molecule has 2 atom stereocenters. The summed E-state index contributed by atoms with van der Waals surface area (Å²) in [6, 6.07) is 32.8. The molecule has 4 rings (SSSR count). The molecule has 0 aliphatic heterocycles. The van der Waals surface area contributed by atoms with Gasteiger partial charge in [0.1, 0.15) is 0 Å². The molecule has 0 radical (unpaired) electrons. The summed E-state index contributed by atoms with van der Waals surface area (Å²) in [6.07, 6.45) is 3.41. The molecule has 1 N–H and O–H groups in total. The topological polar surface area (TPSA) is 35.8 Å². The second kappa shape index (κ2) is 26.0. The smallest absolute Gasteiger partial charge is 0.391 e. The highest BCUT2D eigenvalue weighted by Crippen LogP contribution is 2.43. The summed E-state index contributed by atoms with van der Waals surface area (Å²) in [7, 11) is 0. The Labute approximate surface area is 313 Å². The van der Waals surface area contributed by atoms with Crippen LogP contribution in [0.4, 0.5) is 13.2 Å². The normalized spacial score (nSPS) is 11.7. The summed E-state index contributed by atoms with van der Waals surface area (Å²) in [4.78, 5) is 0. The quantitative estimate of drug-likeness (QED) is 0.117. The first kappa shape index (κ1) is 47.2. The van der Waals surface area contributed by atoms with Gasteiger partial charge in [0.05, 0.1) is 17.2 Å². The molecule has 0 amide bonds. The van der Waals surface area contributed by atoms with Crippen LogP contribution < -0.4 is 5.32 Å². The van der Waals surface area contributed by atoms with Gasteiger partial charge in [-0.05, 0) is 104 Å². The molecule has 0 saturated heterocycles. The number of nitrogens with one attached hydrogen (secondary N) is 1. The van der Waals surface area contributed by atoms with Gasteiger partial charge in [0.25, 0.3) is 0 Å². The number of aryl methyl sites for hydroxylation is 2. The molecule has 4 aromatic rings. The Morgan fingerprint density at radius 3 is 1.87 bits per heavy atom. The SMILES string of the molecule is C=CC.C=CC.C=CNCCC(CCc1ccccc1)C(C)(Cc1cccc(-c2ccc(C)cc2)c1)c1ccc(C#N)c(C(F)(F)F)c1.CC.CC. The minimum Gasteiger partial charge on any atom is -0.391 e. The fraction of sp³-hybridized carbons (Fsp3) is 0.340. The average molecular weight is 711 g/mol. The van der Waals surface area contributed by atoms with Gasteiger partial charge in [-0.1, -0.05) is 144 Å². The van der Waals surface area contributed by atoms with E-state index in [2.05, 4.69) is 93.5 Å². The molecule has 280 valence electrons. The maximum atomic E-state index is 14.1. The van der Waals surface area contributed by atoms with Crippen molar-refractivity contribution in [2.75, 3.05) is 6.54 Å². The Morgan fingerprint density at radius 1 is 0.750 bits per heavy atom. The van der Waals surface area contributed by atoms with E-state index in [9.17, 15) is 18.4 Å². The van der Waals surface area contributed by atoms with E-state index in [1.807, 2.05) is 65.8 Å². The highest BCUT2D eigenvalue weighted by Gasteiger charge is 2.39. The third-order valence-electron chi connectivity index (χ3n) is 8.29. The zero-order valence-corrected chi connectivity index (χ0v) is 32.8. The van der Waals surface area contributed by atoms with Crippen molar-refractivity contribution in [2.24, 2.45) is 5.92 Å². The highest BCUT2D eigenvalue weighted by molar-refractivity contribution is 5.64. The number of rotatable bonds is 12. The minimum atomic E-state index is -4.63. The van der Waals surface area contributed by atoms with Gasteiger partial charge < -0.3 is 5.32 Å². The van der Waals surface area contributed by atoms with Crippen LogP contribution in [0, 0.1) is 24.2 Å². The van der Waals surface area contributed by atoms with Crippen LogP contribution in [0.2, 0.25) is 0 Å². The maximum Gasteiger partial charge on any atom is 0.417 e. The lowest BCUT2D eigenvalue weighted by Crippen LogP contribution is -2.37. The van der Waals surface area contributed by atoms with E-state index >= 15 is 0 Å². The zero-order chi connectivity index (χ0) is 39.6. The maximum absolute atomic E-state index is 14.1. The summed E-state index contributed by atoms with van der Waals surface area (Å²) in [5.74, 6) is 0.0298. The molecule has 0 aliphatic carbocycles. The molecule has 2 unspecified atom stereocenters. The third kappa shape index (κ3) is 15.6. The highest BCUT2D eigenvalue weighted by atomic mass is 19.4. The fourth-order valence-corrected chi connectivity index (χ4v) is 5.87. The second-order valence-electron chi connectivity index (χ2n) is 12.0. The molecular formula is C47H61F3N2. The molecule has 0 spiro atoms. The number of allylic oxidation sites excluding steroid dienone is 2. The Balaban J connectivity index is 0.00000236. The molecule has 2 nitrogen and oxygen atoms in total. The summed E-state index contributed by atoms with van der Waals surface area (Å²) in [5, 5.41) is 12.7. The van der Waals surface area contributed by atoms with E-state index in [1.165, 1.54) is 23.3 Å². The number of hydrogen-bond donors (Lipinski definition) is 1. The molecule has 4 aromatic carbocycles. The Bertz CT molecular complexity index is 1610. The van der Waals surface area contributed by atoms with E-state index in [1.54, 1.807) is 30.5 Å². The lowest BCUT2D eigenvalue weighted by molar-refractivity contribution is -0.137. The largest absolute Gasteiger partial charge is 0.417 e. The van der Waals surface area contributed by atoms with Crippen molar-refractivity contribution >= 4 is 0 Å². The summed E-state index contributed by atoms with van der Waals surface area (Å²) in [5.41, 5.74) is 4.28.